The molecule has 0 heterocycles. The van der Waals surface area contributed by atoms with Gasteiger partial charge in [0, 0.05) is 10.6 Å². The molecule has 0 aliphatic rings. The van der Waals surface area contributed by atoms with E-state index in [0.717, 1.165) is 4.90 Å². The monoisotopic (exact) mass is 329 g/mol. The van der Waals surface area contributed by atoms with Crippen LogP contribution in [0.1, 0.15) is 23.7 Å². The predicted octanol–water partition coefficient (Wildman–Crippen LogP) is 2.88. The smallest absolute Gasteiger partial charge is 0.250 e. The summed E-state index contributed by atoms with van der Waals surface area (Å²) in [6.45, 7) is 1.94. The number of para-hydroxylation sites is 1. The van der Waals surface area contributed by atoms with E-state index >= 15 is 0 Å². The fraction of sp³-hybridized carbons (Fsp3) is 0.176. The van der Waals surface area contributed by atoms with Crippen molar-refractivity contribution in [1.82, 2.24) is 0 Å². The lowest BCUT2D eigenvalue weighted by Crippen LogP contribution is -2.26. The second-order valence-electron chi connectivity index (χ2n) is 4.98. The zero-order valence-electron chi connectivity index (χ0n) is 12.8. The Morgan fingerprint density at radius 1 is 1.13 bits per heavy atom. The summed E-state index contributed by atoms with van der Waals surface area (Å²) >= 11 is 1.46. The third kappa shape index (κ3) is 4.50. The molecule has 2 aromatic rings. The van der Waals surface area contributed by atoms with Crippen molar-refractivity contribution in [1.29, 1.82) is 0 Å². The predicted molar refractivity (Wildman–Crippen MR) is 94.4 cm³/mol. The lowest BCUT2D eigenvalue weighted by Gasteiger charge is -2.16. The van der Waals surface area contributed by atoms with E-state index in [0.29, 0.717) is 23.4 Å². The molecule has 2 rings (SSSR count). The maximum atomic E-state index is 12.5. The van der Waals surface area contributed by atoms with E-state index in [-0.39, 0.29) is 11.2 Å². The van der Waals surface area contributed by atoms with E-state index in [2.05, 4.69) is 5.32 Å². The largest absolute Gasteiger partial charge is 0.399 e. The first-order valence-corrected chi connectivity index (χ1v) is 8.11. The van der Waals surface area contributed by atoms with E-state index < -0.39 is 5.91 Å². The molecule has 120 valence electrons. The summed E-state index contributed by atoms with van der Waals surface area (Å²) in [5.74, 6) is -0.733. The van der Waals surface area contributed by atoms with E-state index in [1.165, 1.54) is 11.8 Å². The molecule has 0 saturated carbocycles. The number of hydrogen-bond donors (Lipinski definition) is 3. The van der Waals surface area contributed by atoms with Crippen molar-refractivity contribution in [2.75, 3.05) is 11.1 Å². The van der Waals surface area contributed by atoms with Gasteiger partial charge in [-0.2, -0.15) is 0 Å². The van der Waals surface area contributed by atoms with Crippen LogP contribution in [0, 0.1) is 0 Å². The molecule has 5 nitrogen and oxygen atoms in total. The van der Waals surface area contributed by atoms with Crippen LogP contribution in [0.5, 0.6) is 0 Å². The number of nitrogens with two attached hydrogens (primary N) is 2. The normalized spacial score (nSPS) is 11.7. The highest BCUT2D eigenvalue weighted by Gasteiger charge is 2.19. The van der Waals surface area contributed by atoms with Crippen LogP contribution in [0.15, 0.2) is 53.4 Å². The second-order valence-corrected chi connectivity index (χ2v) is 6.26. The fourth-order valence-corrected chi connectivity index (χ4v) is 3.01. The van der Waals surface area contributed by atoms with Crippen LogP contribution in [0.4, 0.5) is 11.4 Å². The van der Waals surface area contributed by atoms with Gasteiger partial charge in [-0.25, -0.2) is 0 Å². The molecule has 0 aliphatic heterocycles. The number of rotatable bonds is 6. The van der Waals surface area contributed by atoms with Gasteiger partial charge in [0.2, 0.25) is 5.91 Å². The standard InChI is InChI=1S/C17H19N3O2S/c1-2-15(23-12-9-7-11(18)8-10-12)17(22)20-14-6-4-3-5-13(14)16(19)21/h3-10,15H,2,18H2,1H3,(H2,19,21)(H,20,22). The Morgan fingerprint density at radius 2 is 1.78 bits per heavy atom. The van der Waals surface area contributed by atoms with Gasteiger partial charge in [-0.05, 0) is 42.8 Å². The second kappa shape index (κ2) is 7.69. The zero-order chi connectivity index (χ0) is 16.8. The van der Waals surface area contributed by atoms with Crippen molar-refractivity contribution in [2.24, 2.45) is 5.73 Å². The number of anilines is 2. The zero-order valence-corrected chi connectivity index (χ0v) is 13.6. The van der Waals surface area contributed by atoms with E-state index in [4.69, 9.17) is 11.5 Å². The summed E-state index contributed by atoms with van der Waals surface area (Å²) in [5, 5.41) is 2.51. The molecule has 0 radical (unpaired) electrons. The van der Waals surface area contributed by atoms with Crippen LogP contribution in [0.25, 0.3) is 0 Å². The lowest BCUT2D eigenvalue weighted by molar-refractivity contribution is -0.115. The summed E-state index contributed by atoms with van der Waals surface area (Å²) in [6.07, 6.45) is 0.652. The molecule has 0 aliphatic carbocycles. The van der Waals surface area contributed by atoms with Crippen molar-refractivity contribution < 1.29 is 9.59 Å². The highest BCUT2D eigenvalue weighted by molar-refractivity contribution is 8.00. The minimum Gasteiger partial charge on any atom is -0.399 e. The van der Waals surface area contributed by atoms with Gasteiger partial charge in [-0.15, -0.1) is 11.8 Å². The molecule has 2 amide bonds. The molecule has 0 saturated heterocycles. The first kappa shape index (κ1) is 16.9. The highest BCUT2D eigenvalue weighted by Crippen LogP contribution is 2.27. The number of hydrogen-bond acceptors (Lipinski definition) is 4. The van der Waals surface area contributed by atoms with Crippen molar-refractivity contribution in [3.8, 4) is 0 Å². The molecule has 1 unspecified atom stereocenters. The SMILES string of the molecule is CCC(Sc1ccc(N)cc1)C(=O)Nc1ccccc1C(N)=O. The van der Waals surface area contributed by atoms with Crippen molar-refractivity contribution >= 4 is 35.0 Å². The number of nitrogens with one attached hydrogen (secondary N) is 1. The summed E-state index contributed by atoms with van der Waals surface area (Å²) in [4.78, 5) is 24.9. The van der Waals surface area contributed by atoms with Gasteiger partial charge in [-0.3, -0.25) is 9.59 Å². The number of thioether (sulfide) groups is 1. The van der Waals surface area contributed by atoms with E-state index in [9.17, 15) is 9.59 Å². The maximum Gasteiger partial charge on any atom is 0.250 e. The average Bonchev–Trinajstić information content (AvgIpc) is 2.54. The Hall–Kier alpha value is -2.47. The third-order valence-corrected chi connectivity index (χ3v) is 4.65. The first-order valence-electron chi connectivity index (χ1n) is 7.23. The molecule has 0 aromatic heterocycles. The molecule has 6 heteroatoms. The Labute approximate surface area is 139 Å². The van der Waals surface area contributed by atoms with E-state index in [1.54, 1.807) is 36.4 Å². The van der Waals surface area contributed by atoms with Crippen LogP contribution >= 0.6 is 11.8 Å². The molecular weight excluding hydrogens is 310 g/mol. The fourth-order valence-electron chi connectivity index (χ4n) is 2.05. The Balaban J connectivity index is 2.11. The van der Waals surface area contributed by atoms with Gasteiger partial charge in [-0.1, -0.05) is 19.1 Å². The number of primary amides is 1. The van der Waals surface area contributed by atoms with Gasteiger partial charge < -0.3 is 16.8 Å². The molecule has 0 bridgehead atoms. The van der Waals surface area contributed by atoms with Crippen LogP contribution in [-0.4, -0.2) is 17.1 Å². The minimum absolute atomic E-state index is 0.164. The molecule has 23 heavy (non-hydrogen) atoms. The molecule has 2 aromatic carbocycles. The quantitative estimate of drug-likeness (QED) is 0.560. The lowest BCUT2D eigenvalue weighted by atomic mass is 10.1. The van der Waals surface area contributed by atoms with E-state index in [1.807, 2.05) is 19.1 Å². The van der Waals surface area contributed by atoms with Gasteiger partial charge in [0.15, 0.2) is 0 Å². The molecule has 0 spiro atoms. The molecule has 5 N–H and O–H groups in total. The summed E-state index contributed by atoms with van der Waals surface area (Å²) in [7, 11) is 0. The van der Waals surface area contributed by atoms with Gasteiger partial charge in [0.25, 0.3) is 5.91 Å². The van der Waals surface area contributed by atoms with Crippen molar-refractivity contribution in [3.63, 3.8) is 0 Å². The Kier molecular flexibility index (Phi) is 5.65. The van der Waals surface area contributed by atoms with Crippen molar-refractivity contribution in [3.05, 3.63) is 54.1 Å². The number of carbonyl (C=O) groups excluding carboxylic acids is 2. The summed E-state index contributed by atoms with van der Waals surface area (Å²) < 4.78 is 0. The first-order chi connectivity index (χ1) is 11.0. The number of benzene rings is 2. The van der Waals surface area contributed by atoms with Crippen LogP contribution < -0.4 is 16.8 Å². The Bertz CT molecular complexity index is 701. The number of amides is 2. The number of nitrogen functional groups attached to an aromatic ring is 1. The van der Waals surface area contributed by atoms with Crippen molar-refractivity contribution in [2.45, 2.75) is 23.5 Å². The number of carbonyl (C=O) groups is 2. The minimum atomic E-state index is -0.569. The topological polar surface area (TPSA) is 98.2 Å². The molecule has 0 fully saturated rings. The van der Waals surface area contributed by atoms with Crippen LogP contribution in [-0.2, 0) is 4.79 Å². The molecular formula is C17H19N3O2S. The summed E-state index contributed by atoms with van der Waals surface area (Å²) in [5.41, 5.74) is 12.4. The summed E-state index contributed by atoms with van der Waals surface area (Å²) in [6, 6.07) is 14.1. The van der Waals surface area contributed by atoms with Gasteiger partial charge >= 0.3 is 0 Å². The average molecular weight is 329 g/mol. The van der Waals surface area contributed by atoms with Crippen LogP contribution in [0.2, 0.25) is 0 Å². The highest BCUT2D eigenvalue weighted by atomic mass is 32.2. The van der Waals surface area contributed by atoms with Gasteiger partial charge in [0.05, 0.1) is 16.5 Å². The third-order valence-electron chi connectivity index (χ3n) is 3.27. The Morgan fingerprint density at radius 3 is 2.39 bits per heavy atom. The maximum absolute atomic E-state index is 12.5. The van der Waals surface area contributed by atoms with Crippen LogP contribution in [0.3, 0.4) is 0 Å². The molecule has 1 atom stereocenters. The van der Waals surface area contributed by atoms with Gasteiger partial charge in [0.1, 0.15) is 0 Å².